The van der Waals surface area contributed by atoms with Crippen molar-refractivity contribution < 1.29 is 23.0 Å². The van der Waals surface area contributed by atoms with Gasteiger partial charge in [0.25, 0.3) is 10.0 Å². The number of pyridine rings is 1. The van der Waals surface area contributed by atoms with E-state index in [4.69, 9.17) is 32.7 Å². The molecule has 0 aliphatic carbocycles. The lowest BCUT2D eigenvalue weighted by Gasteiger charge is -2.41. The zero-order chi connectivity index (χ0) is 30.1. The smallest absolute Gasteiger partial charge is 0.264 e. The lowest BCUT2D eigenvalue weighted by molar-refractivity contribution is -0.276. The molecule has 2 aromatic heterocycles. The number of hydrogen-bond acceptors (Lipinski definition) is 7. The molecule has 1 fully saturated rings. The Morgan fingerprint density at radius 2 is 1.72 bits per heavy atom. The number of nitrogens with zero attached hydrogens (tertiary/aromatic N) is 3. The maximum atomic E-state index is 13.5. The van der Waals surface area contributed by atoms with E-state index in [9.17, 15) is 13.5 Å². The maximum Gasteiger partial charge on any atom is 0.264 e. The molecule has 3 aromatic carbocycles. The Bertz CT molecular complexity index is 1860. The highest BCUT2D eigenvalue weighted by Gasteiger charge is 2.39. The number of rotatable bonds is 8. The minimum Gasteiger partial charge on any atom is -0.392 e. The zero-order valence-electron chi connectivity index (χ0n) is 23.0. The van der Waals surface area contributed by atoms with Gasteiger partial charge in [0.05, 0.1) is 37.2 Å². The molecule has 3 heterocycles. The van der Waals surface area contributed by atoms with Gasteiger partial charge in [0, 0.05) is 28.8 Å². The van der Waals surface area contributed by atoms with Crippen LogP contribution in [0.25, 0.3) is 10.9 Å². The summed E-state index contributed by atoms with van der Waals surface area (Å²) < 4.78 is 44.3. The first kappa shape index (κ1) is 29.6. The van der Waals surface area contributed by atoms with Crippen molar-refractivity contribution in [1.29, 1.82) is 0 Å². The summed E-state index contributed by atoms with van der Waals surface area (Å²) >= 11 is 12.5. The number of benzene rings is 3. The number of aliphatic hydroxyl groups is 1. The highest BCUT2D eigenvalue weighted by Crippen LogP contribution is 2.43. The van der Waals surface area contributed by atoms with Gasteiger partial charge in [0.2, 0.25) is 0 Å². The molecule has 222 valence electrons. The Kier molecular flexibility index (Phi) is 8.41. The van der Waals surface area contributed by atoms with Gasteiger partial charge >= 0.3 is 0 Å². The monoisotopic (exact) mass is 638 g/mol. The number of imidazole rings is 1. The summed E-state index contributed by atoms with van der Waals surface area (Å²) in [5.41, 5.74) is 3.06. The van der Waals surface area contributed by atoms with Crippen molar-refractivity contribution in [3.63, 3.8) is 0 Å². The van der Waals surface area contributed by atoms with Crippen LogP contribution in [0.3, 0.4) is 0 Å². The van der Waals surface area contributed by atoms with E-state index in [1.54, 1.807) is 47.4 Å². The number of ether oxygens (including phenoxy) is 2. The van der Waals surface area contributed by atoms with Crippen LogP contribution >= 0.6 is 23.2 Å². The summed E-state index contributed by atoms with van der Waals surface area (Å²) in [5.74, 6) is -0.117. The second kappa shape index (κ2) is 12.2. The average molecular weight is 640 g/mol. The molecule has 1 aliphatic heterocycles. The molecule has 43 heavy (non-hydrogen) atoms. The van der Waals surface area contributed by atoms with Crippen molar-refractivity contribution in [2.75, 3.05) is 4.72 Å². The number of fused-ring (bicyclic) bond motifs is 1. The number of halogens is 2. The molecular formula is C31H28Cl2N4O5S. The second-order valence-corrected chi connectivity index (χ2v) is 12.7. The van der Waals surface area contributed by atoms with Gasteiger partial charge in [-0.25, -0.2) is 13.4 Å². The first-order valence-corrected chi connectivity index (χ1v) is 15.8. The summed E-state index contributed by atoms with van der Waals surface area (Å²) in [6.07, 6.45) is 1.55. The highest BCUT2D eigenvalue weighted by atomic mass is 35.5. The predicted molar refractivity (Wildman–Crippen MR) is 164 cm³/mol. The lowest BCUT2D eigenvalue weighted by Crippen LogP contribution is -2.39. The van der Waals surface area contributed by atoms with Gasteiger partial charge in [-0.1, -0.05) is 84.7 Å². The predicted octanol–water partition coefficient (Wildman–Crippen LogP) is 6.52. The molecule has 1 saturated heterocycles. The van der Waals surface area contributed by atoms with Crippen LogP contribution in [0, 0.1) is 5.92 Å². The molecule has 0 radical (unpaired) electrons. The largest absolute Gasteiger partial charge is 0.392 e. The molecule has 9 nitrogen and oxygen atoms in total. The van der Waals surface area contributed by atoms with Crippen molar-refractivity contribution in [1.82, 2.24) is 14.5 Å². The second-order valence-electron chi connectivity index (χ2n) is 10.4. The van der Waals surface area contributed by atoms with E-state index in [1.165, 1.54) is 6.07 Å². The summed E-state index contributed by atoms with van der Waals surface area (Å²) in [6, 6.07) is 23.1. The van der Waals surface area contributed by atoms with Gasteiger partial charge < -0.3 is 19.1 Å². The van der Waals surface area contributed by atoms with E-state index < -0.39 is 16.3 Å². The average Bonchev–Trinajstić information content (AvgIpc) is 3.34. The summed E-state index contributed by atoms with van der Waals surface area (Å²) in [5, 5.41) is 10.7. The third-order valence-corrected chi connectivity index (χ3v) is 9.71. The van der Waals surface area contributed by atoms with E-state index in [-0.39, 0.29) is 34.8 Å². The molecular weight excluding hydrogens is 611 g/mol. The Hall–Kier alpha value is -3.51. The normalized spacial score (nSPS) is 20.7. The van der Waals surface area contributed by atoms with Crippen LogP contribution in [0.2, 0.25) is 10.3 Å². The van der Waals surface area contributed by atoms with E-state index in [1.807, 2.05) is 49.4 Å². The first-order valence-electron chi connectivity index (χ1n) is 13.6. The van der Waals surface area contributed by atoms with Gasteiger partial charge in [-0.3, -0.25) is 9.71 Å². The molecule has 5 aromatic rings. The topological polar surface area (TPSA) is 116 Å². The quantitative estimate of drug-likeness (QED) is 0.199. The van der Waals surface area contributed by atoms with Crippen LogP contribution in [0.4, 0.5) is 5.69 Å². The van der Waals surface area contributed by atoms with Crippen molar-refractivity contribution in [2.24, 2.45) is 5.92 Å². The van der Waals surface area contributed by atoms with Crippen LogP contribution in [-0.4, -0.2) is 34.2 Å². The van der Waals surface area contributed by atoms with E-state index in [0.29, 0.717) is 28.5 Å². The van der Waals surface area contributed by atoms with Gasteiger partial charge in [0.15, 0.2) is 11.4 Å². The number of nitrogens with one attached hydrogen (secondary N) is 1. The molecule has 12 heteroatoms. The van der Waals surface area contributed by atoms with Gasteiger partial charge in [-0.05, 0) is 35.4 Å². The maximum absolute atomic E-state index is 13.5. The van der Waals surface area contributed by atoms with Crippen LogP contribution in [0.5, 0.6) is 0 Å². The highest BCUT2D eigenvalue weighted by molar-refractivity contribution is 7.93. The van der Waals surface area contributed by atoms with Gasteiger partial charge in [0.1, 0.15) is 10.0 Å². The van der Waals surface area contributed by atoms with Crippen LogP contribution in [0.1, 0.15) is 36.0 Å². The van der Waals surface area contributed by atoms with E-state index in [0.717, 1.165) is 16.5 Å². The Labute approximate surface area is 259 Å². The zero-order valence-corrected chi connectivity index (χ0v) is 25.3. The number of aliphatic hydroxyl groups excluding tert-OH is 1. The van der Waals surface area contributed by atoms with Crippen molar-refractivity contribution in [2.45, 2.75) is 43.5 Å². The van der Waals surface area contributed by atoms with Gasteiger partial charge in [-0.15, -0.1) is 0 Å². The number of hydrogen-bond donors (Lipinski definition) is 2. The SMILES string of the molecule is CC1C(Cn2cnc(Cl)c2Cl)OC(c2cccc(NS(=O)(=O)c3cccc4cccnc34)c2)OC1c1ccc(CO)cc1. The van der Waals surface area contributed by atoms with Gasteiger partial charge in [-0.2, -0.15) is 0 Å². The minimum absolute atomic E-state index is 0.0624. The third-order valence-electron chi connectivity index (χ3n) is 7.53. The molecule has 0 spiro atoms. The van der Waals surface area contributed by atoms with Crippen LogP contribution < -0.4 is 4.72 Å². The van der Waals surface area contributed by atoms with Crippen LogP contribution in [0.15, 0.2) is 96.3 Å². The molecule has 0 amide bonds. The molecule has 4 unspecified atom stereocenters. The van der Waals surface area contributed by atoms with E-state index >= 15 is 0 Å². The Morgan fingerprint density at radius 1 is 0.953 bits per heavy atom. The third kappa shape index (κ3) is 6.12. The standard InChI is InChI=1S/C31H28Cl2N4O5S/c1-19-25(16-37-18-35-29(32)30(37)33)41-31(42-28(19)22-12-10-20(17-38)11-13-22)23-6-2-8-24(15-23)36-43(39,40)26-9-3-5-21-7-4-14-34-27(21)26/h2-15,18-19,25,28,31,36,38H,16-17H2,1H3. The molecule has 2 N–H and O–H groups in total. The van der Waals surface area contributed by atoms with Crippen molar-refractivity contribution in [3.8, 4) is 0 Å². The summed E-state index contributed by atoms with van der Waals surface area (Å²) in [6.45, 7) is 2.33. The molecule has 4 atom stereocenters. The van der Waals surface area contributed by atoms with E-state index in [2.05, 4.69) is 14.7 Å². The molecule has 1 aliphatic rings. The Morgan fingerprint density at radius 3 is 2.47 bits per heavy atom. The fourth-order valence-electron chi connectivity index (χ4n) is 5.24. The summed E-state index contributed by atoms with van der Waals surface area (Å²) in [7, 11) is -3.96. The number of sulfonamides is 1. The fourth-order valence-corrected chi connectivity index (χ4v) is 6.79. The number of aromatic nitrogens is 3. The van der Waals surface area contributed by atoms with Crippen LogP contribution in [-0.2, 0) is 32.6 Å². The fraction of sp³-hybridized carbons (Fsp3) is 0.226. The minimum atomic E-state index is -3.96. The van der Waals surface area contributed by atoms with Crippen molar-refractivity contribution >= 4 is 49.8 Å². The number of para-hydroxylation sites is 1. The summed E-state index contributed by atoms with van der Waals surface area (Å²) in [4.78, 5) is 8.46. The number of anilines is 1. The molecule has 0 saturated carbocycles. The molecule has 0 bridgehead atoms. The molecule has 6 rings (SSSR count). The first-order chi connectivity index (χ1) is 20.7. The van der Waals surface area contributed by atoms with Crippen molar-refractivity contribution in [3.05, 3.63) is 118 Å². The lowest BCUT2D eigenvalue weighted by atomic mass is 9.90. The Balaban J connectivity index is 1.31.